The fourth-order valence-electron chi connectivity index (χ4n) is 1.53. The van der Waals surface area contributed by atoms with E-state index in [1.165, 1.54) is 5.56 Å². The van der Waals surface area contributed by atoms with Crippen LogP contribution >= 0.6 is 11.6 Å². The Morgan fingerprint density at radius 2 is 1.76 bits per heavy atom. The minimum atomic E-state index is -0.258. The number of halogens is 1. The molecule has 0 aliphatic rings. The highest BCUT2D eigenvalue weighted by Gasteiger charge is 2.12. The summed E-state index contributed by atoms with van der Waals surface area (Å²) in [5.41, 5.74) is 2.24. The van der Waals surface area contributed by atoms with Crippen LogP contribution in [0.2, 0.25) is 0 Å². The summed E-state index contributed by atoms with van der Waals surface area (Å²) in [6.07, 6.45) is 0. The predicted molar refractivity (Wildman–Crippen MR) is 68.1 cm³/mol. The predicted octanol–water partition coefficient (Wildman–Crippen LogP) is 4.16. The zero-order valence-electron chi connectivity index (χ0n) is 10.1. The highest BCUT2D eigenvalue weighted by molar-refractivity contribution is 6.20. The van der Waals surface area contributed by atoms with Gasteiger partial charge in [-0.3, -0.25) is 0 Å². The minimum absolute atomic E-state index is 0.258. The Bertz CT molecular complexity index is 488. The molecule has 4 heteroatoms. The van der Waals surface area contributed by atoms with Crippen molar-refractivity contribution in [1.29, 1.82) is 0 Å². The summed E-state index contributed by atoms with van der Waals surface area (Å²) in [4.78, 5) is 4.24. The molecule has 0 aliphatic heterocycles. The molecule has 0 saturated carbocycles. The van der Waals surface area contributed by atoms with E-state index in [0.29, 0.717) is 17.6 Å². The van der Waals surface area contributed by atoms with Crippen LogP contribution < -0.4 is 0 Å². The molecule has 90 valence electrons. The van der Waals surface area contributed by atoms with E-state index in [9.17, 15) is 0 Å². The lowest BCUT2D eigenvalue weighted by Crippen LogP contribution is -1.88. The highest BCUT2D eigenvalue weighted by Crippen LogP contribution is 2.23. The van der Waals surface area contributed by atoms with Crippen LogP contribution in [0.25, 0.3) is 11.4 Å². The lowest BCUT2D eigenvalue weighted by Gasteiger charge is -2.04. The van der Waals surface area contributed by atoms with Crippen LogP contribution in [0, 0.1) is 0 Å². The number of alkyl halides is 1. The molecule has 0 aliphatic carbocycles. The molecular formula is C13H15ClN2O. The second-order valence-corrected chi connectivity index (χ2v) is 5.00. The molecule has 0 N–H and O–H groups in total. The lowest BCUT2D eigenvalue weighted by atomic mass is 10.0. The number of hydrogen-bond acceptors (Lipinski definition) is 3. The number of rotatable bonds is 3. The Labute approximate surface area is 106 Å². The molecule has 1 unspecified atom stereocenters. The molecule has 3 nitrogen and oxygen atoms in total. The number of aromatic nitrogens is 2. The average Bonchev–Trinajstić information content (AvgIpc) is 2.78. The molecule has 0 amide bonds. The van der Waals surface area contributed by atoms with Crippen molar-refractivity contribution in [3.05, 3.63) is 35.7 Å². The molecule has 1 heterocycles. The first-order chi connectivity index (χ1) is 8.08. The summed E-state index contributed by atoms with van der Waals surface area (Å²) in [6.45, 7) is 6.13. The van der Waals surface area contributed by atoms with Gasteiger partial charge in [-0.25, -0.2) is 0 Å². The third kappa shape index (κ3) is 2.67. The number of nitrogens with zero attached hydrogens (tertiary/aromatic N) is 2. The molecule has 1 aromatic heterocycles. The monoisotopic (exact) mass is 250 g/mol. The first-order valence-corrected chi connectivity index (χ1v) is 6.09. The van der Waals surface area contributed by atoms with Crippen LogP contribution in [0.15, 0.2) is 28.8 Å². The molecule has 1 aromatic carbocycles. The SMILES string of the molecule is CC(C)c1ccc(-c2noc(C(C)Cl)n2)cc1. The van der Waals surface area contributed by atoms with Gasteiger partial charge in [0.15, 0.2) is 0 Å². The molecule has 1 atom stereocenters. The zero-order chi connectivity index (χ0) is 12.4. The molecule has 0 bridgehead atoms. The van der Waals surface area contributed by atoms with Crippen LogP contribution in [0.1, 0.15) is 43.5 Å². The fraction of sp³-hybridized carbons (Fsp3) is 0.385. The van der Waals surface area contributed by atoms with Crippen molar-refractivity contribution >= 4 is 11.6 Å². The first kappa shape index (κ1) is 12.1. The van der Waals surface area contributed by atoms with E-state index in [0.717, 1.165) is 5.56 Å². The molecule has 0 radical (unpaired) electrons. The van der Waals surface area contributed by atoms with E-state index in [1.54, 1.807) is 6.92 Å². The zero-order valence-corrected chi connectivity index (χ0v) is 10.9. The van der Waals surface area contributed by atoms with Crippen LogP contribution in [-0.2, 0) is 0 Å². The molecule has 0 fully saturated rings. The first-order valence-electron chi connectivity index (χ1n) is 5.66. The van der Waals surface area contributed by atoms with Gasteiger partial charge in [-0.15, -0.1) is 11.6 Å². The van der Waals surface area contributed by atoms with Gasteiger partial charge in [0, 0.05) is 5.56 Å². The normalized spacial score (nSPS) is 13.0. The smallest absolute Gasteiger partial charge is 0.244 e. The van der Waals surface area contributed by atoms with Gasteiger partial charge in [-0.05, 0) is 18.4 Å². The summed E-state index contributed by atoms with van der Waals surface area (Å²) in [5, 5.41) is 3.65. The van der Waals surface area contributed by atoms with Gasteiger partial charge in [0.25, 0.3) is 0 Å². The third-order valence-corrected chi connectivity index (χ3v) is 2.80. The minimum Gasteiger partial charge on any atom is -0.337 e. The van der Waals surface area contributed by atoms with E-state index < -0.39 is 0 Å². The van der Waals surface area contributed by atoms with Crippen molar-refractivity contribution in [3.8, 4) is 11.4 Å². The van der Waals surface area contributed by atoms with Gasteiger partial charge < -0.3 is 4.52 Å². The van der Waals surface area contributed by atoms with Crippen LogP contribution in [0.5, 0.6) is 0 Å². The Balaban J connectivity index is 2.27. The fourth-order valence-corrected chi connectivity index (χ4v) is 1.62. The van der Waals surface area contributed by atoms with Crippen LogP contribution in [0.3, 0.4) is 0 Å². The van der Waals surface area contributed by atoms with E-state index in [1.807, 2.05) is 12.1 Å². The second-order valence-electron chi connectivity index (χ2n) is 4.35. The molecule has 2 rings (SSSR count). The highest BCUT2D eigenvalue weighted by atomic mass is 35.5. The quantitative estimate of drug-likeness (QED) is 0.768. The third-order valence-electron chi connectivity index (χ3n) is 2.62. The molecule has 2 aromatic rings. The van der Waals surface area contributed by atoms with E-state index in [4.69, 9.17) is 16.1 Å². The maximum Gasteiger partial charge on any atom is 0.244 e. The van der Waals surface area contributed by atoms with E-state index in [-0.39, 0.29) is 5.38 Å². The van der Waals surface area contributed by atoms with Gasteiger partial charge in [0.1, 0.15) is 5.38 Å². The van der Waals surface area contributed by atoms with E-state index in [2.05, 4.69) is 36.1 Å². The van der Waals surface area contributed by atoms with Gasteiger partial charge in [0.05, 0.1) is 0 Å². The lowest BCUT2D eigenvalue weighted by molar-refractivity contribution is 0.379. The Hall–Kier alpha value is -1.35. The van der Waals surface area contributed by atoms with E-state index >= 15 is 0 Å². The van der Waals surface area contributed by atoms with Gasteiger partial charge in [0.2, 0.25) is 11.7 Å². The summed E-state index contributed by atoms with van der Waals surface area (Å²) >= 11 is 5.87. The Morgan fingerprint density at radius 1 is 1.12 bits per heavy atom. The van der Waals surface area contributed by atoms with Crippen molar-refractivity contribution in [3.63, 3.8) is 0 Å². The van der Waals surface area contributed by atoms with Crippen molar-refractivity contribution in [1.82, 2.24) is 10.1 Å². The average molecular weight is 251 g/mol. The largest absolute Gasteiger partial charge is 0.337 e. The summed E-state index contributed by atoms with van der Waals surface area (Å²) in [6, 6.07) is 8.17. The van der Waals surface area contributed by atoms with Crippen molar-refractivity contribution in [2.75, 3.05) is 0 Å². The summed E-state index contributed by atoms with van der Waals surface area (Å²) in [7, 11) is 0. The van der Waals surface area contributed by atoms with Gasteiger partial charge in [-0.1, -0.05) is 43.3 Å². The molecule has 17 heavy (non-hydrogen) atoms. The molecule has 0 saturated heterocycles. The maximum atomic E-state index is 5.87. The summed E-state index contributed by atoms with van der Waals surface area (Å²) < 4.78 is 5.07. The van der Waals surface area contributed by atoms with Crippen molar-refractivity contribution < 1.29 is 4.52 Å². The molecular weight excluding hydrogens is 236 g/mol. The summed E-state index contributed by atoms with van der Waals surface area (Å²) in [5.74, 6) is 1.56. The Kier molecular flexibility index (Phi) is 3.48. The van der Waals surface area contributed by atoms with Gasteiger partial charge >= 0.3 is 0 Å². The maximum absolute atomic E-state index is 5.87. The second kappa shape index (κ2) is 4.88. The standard InChI is InChI=1S/C13H15ClN2O/c1-8(2)10-4-6-11(7-5-10)12-15-13(9(3)14)17-16-12/h4-9H,1-3H3. The Morgan fingerprint density at radius 3 is 2.24 bits per heavy atom. The number of hydrogen-bond donors (Lipinski definition) is 0. The number of benzene rings is 1. The van der Waals surface area contributed by atoms with Crippen molar-refractivity contribution in [2.24, 2.45) is 0 Å². The van der Waals surface area contributed by atoms with Crippen molar-refractivity contribution in [2.45, 2.75) is 32.1 Å². The van der Waals surface area contributed by atoms with Gasteiger partial charge in [-0.2, -0.15) is 4.98 Å². The van der Waals surface area contributed by atoms with Crippen LogP contribution in [-0.4, -0.2) is 10.1 Å². The topological polar surface area (TPSA) is 38.9 Å². The molecule has 0 spiro atoms. The van der Waals surface area contributed by atoms with Crippen LogP contribution in [0.4, 0.5) is 0 Å².